The molecule has 0 unspecified atom stereocenters. The molecule has 160 valence electrons. The van der Waals surface area contributed by atoms with Gasteiger partial charge in [0.2, 0.25) is 0 Å². The number of rotatable bonds is 10. The number of nitrogens with zero attached hydrogens (tertiary/aromatic N) is 3. The topological polar surface area (TPSA) is 73.7 Å². The van der Waals surface area contributed by atoms with Crippen LogP contribution in [0.5, 0.6) is 0 Å². The Balaban J connectivity index is 2.48. The van der Waals surface area contributed by atoms with Crippen LogP contribution in [0.15, 0.2) is 12.1 Å². The van der Waals surface area contributed by atoms with Crippen molar-refractivity contribution < 1.29 is 27.8 Å². The summed E-state index contributed by atoms with van der Waals surface area (Å²) in [5, 5.41) is 5.10. The van der Waals surface area contributed by atoms with Crippen molar-refractivity contribution >= 4 is 28.5 Å². The minimum absolute atomic E-state index is 0.141. The van der Waals surface area contributed by atoms with Crippen molar-refractivity contribution in [2.45, 2.75) is 47.1 Å². The van der Waals surface area contributed by atoms with Crippen molar-refractivity contribution in [1.29, 1.82) is 0 Å². The van der Waals surface area contributed by atoms with E-state index in [2.05, 4.69) is 5.10 Å². The lowest BCUT2D eigenvalue weighted by molar-refractivity contribution is -0.142. The van der Waals surface area contributed by atoms with Crippen LogP contribution in [-0.2, 0) is 32.0 Å². The summed E-state index contributed by atoms with van der Waals surface area (Å²) >= 11 is 0. The molecule has 2 aromatic rings. The Morgan fingerprint density at radius 1 is 1.10 bits per heavy atom. The molecule has 0 radical (unpaired) electrons. The molecule has 1 aromatic heterocycles. The van der Waals surface area contributed by atoms with Gasteiger partial charge in [-0.2, -0.15) is 5.10 Å². The molecule has 7 nitrogen and oxygen atoms in total. The first-order chi connectivity index (χ1) is 13.8. The molecule has 9 heteroatoms. The van der Waals surface area contributed by atoms with E-state index in [0.717, 1.165) is 16.6 Å². The number of carbonyl (C=O) groups is 2. The molecule has 0 N–H and O–H groups in total. The first kappa shape index (κ1) is 22.6. The maximum atomic E-state index is 12.9. The number of esters is 2. The first-order valence-electron chi connectivity index (χ1n) is 9.64. The number of halogens is 2. The van der Waals surface area contributed by atoms with Crippen LogP contribution in [0.1, 0.15) is 32.0 Å². The van der Waals surface area contributed by atoms with Gasteiger partial charge in [0.25, 0.3) is 6.43 Å². The van der Waals surface area contributed by atoms with Crippen LogP contribution >= 0.6 is 0 Å². The van der Waals surface area contributed by atoms with Gasteiger partial charge in [0.15, 0.2) is 0 Å². The predicted octanol–water partition coefficient (Wildman–Crippen LogP) is 3.10. The fourth-order valence-corrected chi connectivity index (χ4v) is 3.28. The predicted molar refractivity (Wildman–Crippen MR) is 105 cm³/mol. The molecule has 0 spiro atoms. The Hall–Kier alpha value is -2.71. The number of aromatic nitrogens is 2. The van der Waals surface area contributed by atoms with E-state index >= 15 is 0 Å². The number of ether oxygens (including phenoxy) is 2. The summed E-state index contributed by atoms with van der Waals surface area (Å²) in [5.74, 6) is -0.956. The highest BCUT2D eigenvalue weighted by molar-refractivity contribution is 5.89. The lowest BCUT2D eigenvalue weighted by Crippen LogP contribution is -2.36. The van der Waals surface area contributed by atoms with E-state index in [0.29, 0.717) is 17.6 Å². The van der Waals surface area contributed by atoms with Crippen molar-refractivity contribution in [3.63, 3.8) is 0 Å². The highest BCUT2D eigenvalue weighted by Crippen LogP contribution is 2.29. The highest BCUT2D eigenvalue weighted by atomic mass is 19.3. The molecule has 0 saturated heterocycles. The summed E-state index contributed by atoms with van der Waals surface area (Å²) in [6.07, 6.45) is -1.96. The van der Waals surface area contributed by atoms with Gasteiger partial charge in [-0.05, 0) is 44.9 Å². The fraction of sp³-hybridized carbons (Fsp3) is 0.550. The van der Waals surface area contributed by atoms with Crippen LogP contribution < -0.4 is 4.90 Å². The molecule has 0 bridgehead atoms. The molecule has 0 atom stereocenters. The zero-order valence-electron chi connectivity index (χ0n) is 17.2. The maximum absolute atomic E-state index is 12.9. The second kappa shape index (κ2) is 10.2. The second-order valence-electron chi connectivity index (χ2n) is 6.50. The average Bonchev–Trinajstić information content (AvgIpc) is 2.96. The monoisotopic (exact) mass is 411 g/mol. The summed E-state index contributed by atoms with van der Waals surface area (Å²) in [6.45, 7) is 6.80. The minimum atomic E-state index is -2.51. The van der Waals surface area contributed by atoms with Gasteiger partial charge in [-0.1, -0.05) is 6.92 Å². The molecule has 29 heavy (non-hydrogen) atoms. The number of hydrogen-bond donors (Lipinski definition) is 0. The maximum Gasteiger partial charge on any atom is 0.325 e. The van der Waals surface area contributed by atoms with Crippen LogP contribution in [0.25, 0.3) is 10.9 Å². The van der Waals surface area contributed by atoms with Crippen LogP contribution in [-0.4, -0.2) is 54.4 Å². The second-order valence-corrected chi connectivity index (χ2v) is 6.50. The zero-order chi connectivity index (χ0) is 21.6. The normalized spacial score (nSPS) is 11.1. The molecule has 0 aliphatic heterocycles. The van der Waals surface area contributed by atoms with Crippen molar-refractivity contribution in [2.75, 3.05) is 31.2 Å². The number of aryl methyl sites for hydroxylation is 2. The number of anilines is 1. The Labute approximate surface area is 168 Å². The Kier molecular flexibility index (Phi) is 7.92. The van der Waals surface area contributed by atoms with Gasteiger partial charge in [-0.3, -0.25) is 14.3 Å². The van der Waals surface area contributed by atoms with E-state index in [-0.39, 0.29) is 26.3 Å². The van der Waals surface area contributed by atoms with Gasteiger partial charge < -0.3 is 14.4 Å². The average molecular weight is 411 g/mol. The summed E-state index contributed by atoms with van der Waals surface area (Å²) < 4.78 is 37.2. The fourth-order valence-electron chi connectivity index (χ4n) is 3.28. The summed E-state index contributed by atoms with van der Waals surface area (Å²) in [4.78, 5) is 25.7. The van der Waals surface area contributed by atoms with E-state index in [1.165, 1.54) is 4.68 Å². The molecule has 0 amide bonds. The van der Waals surface area contributed by atoms with Crippen molar-refractivity contribution in [3.8, 4) is 0 Å². The summed E-state index contributed by atoms with van der Waals surface area (Å²) in [5.41, 5.74) is 2.64. The number of benzene rings is 1. The molecule has 1 heterocycles. The minimum Gasteiger partial charge on any atom is -0.465 e. The summed E-state index contributed by atoms with van der Waals surface area (Å²) in [6, 6.07) is 3.56. The zero-order valence-corrected chi connectivity index (χ0v) is 17.2. The summed E-state index contributed by atoms with van der Waals surface area (Å²) in [7, 11) is 0. The van der Waals surface area contributed by atoms with Crippen LogP contribution in [0.4, 0.5) is 14.5 Å². The number of alkyl halides is 2. The van der Waals surface area contributed by atoms with Crippen LogP contribution in [0.3, 0.4) is 0 Å². The van der Waals surface area contributed by atoms with Crippen molar-refractivity contribution in [3.05, 3.63) is 23.4 Å². The Morgan fingerprint density at radius 3 is 2.17 bits per heavy atom. The van der Waals surface area contributed by atoms with Crippen LogP contribution in [0.2, 0.25) is 0 Å². The largest absolute Gasteiger partial charge is 0.465 e. The lowest BCUT2D eigenvalue weighted by Gasteiger charge is -2.24. The van der Waals surface area contributed by atoms with Gasteiger partial charge in [0, 0.05) is 16.8 Å². The van der Waals surface area contributed by atoms with E-state index in [9.17, 15) is 18.4 Å². The smallest absolute Gasteiger partial charge is 0.325 e. The van der Waals surface area contributed by atoms with Gasteiger partial charge >= 0.3 is 11.9 Å². The van der Waals surface area contributed by atoms with E-state index < -0.39 is 24.9 Å². The van der Waals surface area contributed by atoms with Crippen molar-refractivity contribution in [2.24, 2.45) is 0 Å². The lowest BCUT2D eigenvalue weighted by atomic mass is 10.1. The van der Waals surface area contributed by atoms with Gasteiger partial charge in [0.05, 0.1) is 18.7 Å². The first-order valence-corrected chi connectivity index (χ1v) is 9.64. The molecule has 1 aromatic carbocycles. The highest BCUT2D eigenvalue weighted by Gasteiger charge is 2.21. The SMILES string of the molecule is CCOC(=O)CN(CC(=O)OCC)c1cc2nn(CC(F)F)c(CC)c2cc1C. The van der Waals surface area contributed by atoms with E-state index in [1.807, 2.05) is 19.9 Å². The molecule has 0 aliphatic rings. The Bertz CT molecular complexity index is 847. The van der Waals surface area contributed by atoms with E-state index in [4.69, 9.17) is 9.47 Å². The van der Waals surface area contributed by atoms with Crippen LogP contribution in [0, 0.1) is 6.92 Å². The quantitative estimate of drug-likeness (QED) is 0.560. The number of fused-ring (bicyclic) bond motifs is 1. The standard InChI is InChI=1S/C20H27F2N3O4/c1-5-16-14-8-13(4)17(9-15(14)23-25(16)10-18(21)22)24(11-19(26)28-6-2)12-20(27)29-7-3/h8-9,18H,5-7,10-12H2,1-4H3. The van der Waals surface area contributed by atoms with Crippen molar-refractivity contribution in [1.82, 2.24) is 9.78 Å². The van der Waals surface area contributed by atoms with E-state index in [1.54, 1.807) is 24.8 Å². The van der Waals surface area contributed by atoms with Gasteiger partial charge in [0.1, 0.15) is 19.6 Å². The van der Waals surface area contributed by atoms with Gasteiger partial charge in [-0.25, -0.2) is 8.78 Å². The molecular weight excluding hydrogens is 384 g/mol. The number of hydrogen-bond acceptors (Lipinski definition) is 6. The number of carbonyl (C=O) groups excluding carboxylic acids is 2. The molecule has 0 saturated carbocycles. The molecular formula is C20H27F2N3O4. The third kappa shape index (κ3) is 5.65. The third-order valence-electron chi connectivity index (χ3n) is 4.40. The third-order valence-corrected chi connectivity index (χ3v) is 4.40. The Morgan fingerprint density at radius 2 is 1.69 bits per heavy atom. The van der Waals surface area contributed by atoms with Gasteiger partial charge in [-0.15, -0.1) is 0 Å². The molecule has 0 fully saturated rings. The molecule has 2 rings (SSSR count). The molecule has 0 aliphatic carbocycles.